The zero-order chi connectivity index (χ0) is 14.7. The Morgan fingerprint density at radius 1 is 1.10 bits per heavy atom. The summed E-state index contributed by atoms with van der Waals surface area (Å²) in [4.78, 5) is 15.2. The van der Waals surface area contributed by atoms with E-state index in [0.717, 1.165) is 32.4 Å². The Balaban J connectivity index is 1.86. The lowest BCUT2D eigenvalue weighted by Gasteiger charge is -2.38. The van der Waals surface area contributed by atoms with Gasteiger partial charge in [0.1, 0.15) is 0 Å². The predicted octanol–water partition coefficient (Wildman–Crippen LogP) is 3.48. The van der Waals surface area contributed by atoms with Gasteiger partial charge in [-0.05, 0) is 37.9 Å². The molecule has 1 aliphatic carbocycles. The summed E-state index contributed by atoms with van der Waals surface area (Å²) in [5.74, 6) is 0.112. The molecule has 1 saturated heterocycles. The van der Waals surface area contributed by atoms with Gasteiger partial charge in [0.25, 0.3) is 5.91 Å². The summed E-state index contributed by atoms with van der Waals surface area (Å²) < 4.78 is 0. The normalized spacial score (nSPS) is 23.2. The summed E-state index contributed by atoms with van der Waals surface area (Å²) in [7, 11) is 0. The van der Waals surface area contributed by atoms with Gasteiger partial charge in [-0.15, -0.1) is 0 Å². The van der Waals surface area contributed by atoms with Gasteiger partial charge in [0, 0.05) is 18.6 Å². The topological polar surface area (TPSA) is 32.3 Å². The molecule has 0 bridgehead atoms. The molecule has 0 spiro atoms. The average molecular weight is 307 g/mol. The average Bonchev–Trinajstić information content (AvgIpc) is 3.03. The predicted molar refractivity (Wildman–Crippen MR) is 85.8 cm³/mol. The van der Waals surface area contributed by atoms with Crippen molar-refractivity contribution in [3.05, 3.63) is 34.9 Å². The molecule has 0 aromatic heterocycles. The first-order chi connectivity index (χ1) is 10.3. The molecule has 114 valence electrons. The zero-order valence-electron chi connectivity index (χ0n) is 12.4. The molecule has 3 nitrogen and oxygen atoms in total. The second-order valence-corrected chi connectivity index (χ2v) is 6.54. The molecule has 1 aliphatic heterocycles. The van der Waals surface area contributed by atoms with Crippen LogP contribution in [0.5, 0.6) is 0 Å². The molecular formula is C17H23ClN2O. The third-order valence-corrected chi connectivity index (χ3v) is 5.06. The summed E-state index contributed by atoms with van der Waals surface area (Å²) >= 11 is 6.25. The third kappa shape index (κ3) is 3.24. The Hall–Kier alpha value is -1.06. The van der Waals surface area contributed by atoms with Gasteiger partial charge in [0.05, 0.1) is 10.6 Å². The van der Waals surface area contributed by atoms with Crippen molar-refractivity contribution in [3.63, 3.8) is 0 Å². The van der Waals surface area contributed by atoms with Crippen LogP contribution in [0.25, 0.3) is 0 Å². The highest BCUT2D eigenvalue weighted by Crippen LogP contribution is 2.29. The quantitative estimate of drug-likeness (QED) is 0.927. The molecule has 21 heavy (non-hydrogen) atoms. The maximum Gasteiger partial charge on any atom is 0.255 e. The molecule has 2 aliphatic rings. The summed E-state index contributed by atoms with van der Waals surface area (Å²) in [5, 5.41) is 3.95. The molecule has 1 heterocycles. The maximum atomic E-state index is 13.1. The number of hydrogen-bond donors (Lipinski definition) is 1. The number of halogens is 1. The highest BCUT2D eigenvalue weighted by molar-refractivity contribution is 6.33. The summed E-state index contributed by atoms with van der Waals surface area (Å²) in [6, 6.07) is 8.12. The zero-order valence-corrected chi connectivity index (χ0v) is 13.1. The number of hydrogen-bond acceptors (Lipinski definition) is 2. The van der Waals surface area contributed by atoms with Gasteiger partial charge in [-0.1, -0.05) is 43.0 Å². The second-order valence-electron chi connectivity index (χ2n) is 6.13. The number of amides is 1. The van der Waals surface area contributed by atoms with E-state index >= 15 is 0 Å². The van der Waals surface area contributed by atoms with Crippen molar-refractivity contribution >= 4 is 17.5 Å². The molecule has 2 fully saturated rings. The van der Waals surface area contributed by atoms with Crippen LogP contribution in [-0.4, -0.2) is 36.0 Å². The molecule has 0 radical (unpaired) electrons. The molecule has 1 saturated carbocycles. The van der Waals surface area contributed by atoms with Crippen LogP contribution in [-0.2, 0) is 0 Å². The van der Waals surface area contributed by atoms with E-state index in [9.17, 15) is 4.79 Å². The number of nitrogens with zero attached hydrogens (tertiary/aromatic N) is 1. The van der Waals surface area contributed by atoms with Gasteiger partial charge in [-0.2, -0.15) is 0 Å². The van der Waals surface area contributed by atoms with E-state index in [2.05, 4.69) is 10.2 Å². The van der Waals surface area contributed by atoms with Gasteiger partial charge >= 0.3 is 0 Å². The van der Waals surface area contributed by atoms with Crippen LogP contribution in [0.15, 0.2) is 24.3 Å². The molecule has 1 atom stereocenters. The first kappa shape index (κ1) is 14.9. The molecule has 1 unspecified atom stereocenters. The fourth-order valence-corrected chi connectivity index (χ4v) is 3.86. The van der Waals surface area contributed by atoms with E-state index < -0.39 is 0 Å². The summed E-state index contributed by atoms with van der Waals surface area (Å²) in [6.45, 7) is 1.91. The molecule has 3 rings (SSSR count). The Morgan fingerprint density at radius 2 is 1.86 bits per heavy atom. The standard InChI is InChI=1S/C17H23ClN2O/c18-16-9-5-4-8-15(16)17(21)20(14-10-11-19-12-14)13-6-2-1-3-7-13/h4-5,8-9,13-14,19H,1-3,6-7,10-12H2. The third-order valence-electron chi connectivity index (χ3n) is 4.73. The van der Waals surface area contributed by atoms with E-state index in [0.29, 0.717) is 22.7 Å². The number of rotatable bonds is 3. The van der Waals surface area contributed by atoms with E-state index in [-0.39, 0.29) is 5.91 Å². The van der Waals surface area contributed by atoms with Crippen LogP contribution >= 0.6 is 11.6 Å². The Kier molecular flexibility index (Phi) is 4.81. The van der Waals surface area contributed by atoms with Gasteiger partial charge in [0.15, 0.2) is 0 Å². The minimum Gasteiger partial charge on any atom is -0.331 e. The number of carbonyl (C=O) groups excluding carboxylic acids is 1. The first-order valence-corrected chi connectivity index (χ1v) is 8.43. The van der Waals surface area contributed by atoms with Crippen LogP contribution in [0.1, 0.15) is 48.9 Å². The minimum atomic E-state index is 0.112. The van der Waals surface area contributed by atoms with Crippen molar-refractivity contribution in [2.75, 3.05) is 13.1 Å². The number of benzene rings is 1. The molecule has 1 amide bonds. The maximum absolute atomic E-state index is 13.1. The van der Waals surface area contributed by atoms with Crippen LogP contribution in [0.4, 0.5) is 0 Å². The van der Waals surface area contributed by atoms with Crippen molar-refractivity contribution in [1.82, 2.24) is 10.2 Å². The van der Waals surface area contributed by atoms with E-state index in [4.69, 9.17) is 11.6 Å². The van der Waals surface area contributed by atoms with Crippen molar-refractivity contribution in [2.24, 2.45) is 0 Å². The minimum absolute atomic E-state index is 0.112. The molecule has 1 N–H and O–H groups in total. The van der Waals surface area contributed by atoms with Crippen LogP contribution in [0, 0.1) is 0 Å². The van der Waals surface area contributed by atoms with E-state index in [1.54, 1.807) is 6.07 Å². The Morgan fingerprint density at radius 3 is 2.52 bits per heavy atom. The SMILES string of the molecule is O=C(c1ccccc1Cl)N(C1CCCCC1)C1CCNC1. The van der Waals surface area contributed by atoms with Crippen LogP contribution < -0.4 is 5.32 Å². The monoisotopic (exact) mass is 306 g/mol. The highest BCUT2D eigenvalue weighted by Gasteiger charge is 2.34. The lowest BCUT2D eigenvalue weighted by Crippen LogP contribution is -2.49. The second kappa shape index (κ2) is 6.80. The molecule has 4 heteroatoms. The smallest absolute Gasteiger partial charge is 0.255 e. The highest BCUT2D eigenvalue weighted by atomic mass is 35.5. The van der Waals surface area contributed by atoms with Crippen molar-refractivity contribution in [2.45, 2.75) is 50.6 Å². The van der Waals surface area contributed by atoms with Crippen LogP contribution in [0.2, 0.25) is 5.02 Å². The number of carbonyl (C=O) groups is 1. The van der Waals surface area contributed by atoms with Crippen molar-refractivity contribution in [3.8, 4) is 0 Å². The van der Waals surface area contributed by atoms with Crippen molar-refractivity contribution in [1.29, 1.82) is 0 Å². The van der Waals surface area contributed by atoms with E-state index in [1.807, 2.05) is 18.2 Å². The Labute approximate surface area is 131 Å². The van der Waals surface area contributed by atoms with Crippen molar-refractivity contribution < 1.29 is 4.79 Å². The van der Waals surface area contributed by atoms with Gasteiger partial charge in [-0.25, -0.2) is 0 Å². The molecule has 1 aromatic carbocycles. The van der Waals surface area contributed by atoms with Crippen LogP contribution in [0.3, 0.4) is 0 Å². The molecule has 1 aromatic rings. The number of nitrogens with one attached hydrogen (secondary N) is 1. The lowest BCUT2D eigenvalue weighted by molar-refractivity contribution is 0.0534. The van der Waals surface area contributed by atoms with Gasteiger partial charge in [-0.3, -0.25) is 4.79 Å². The Bertz CT molecular complexity index is 493. The fraction of sp³-hybridized carbons (Fsp3) is 0.588. The van der Waals surface area contributed by atoms with Gasteiger partial charge in [0.2, 0.25) is 0 Å². The van der Waals surface area contributed by atoms with Gasteiger partial charge < -0.3 is 10.2 Å². The summed E-state index contributed by atoms with van der Waals surface area (Å²) in [6.07, 6.45) is 7.08. The lowest BCUT2D eigenvalue weighted by atomic mass is 9.92. The first-order valence-electron chi connectivity index (χ1n) is 8.05. The van der Waals surface area contributed by atoms with E-state index in [1.165, 1.54) is 19.3 Å². The molecular weight excluding hydrogens is 284 g/mol. The largest absolute Gasteiger partial charge is 0.331 e. The summed E-state index contributed by atoms with van der Waals surface area (Å²) in [5.41, 5.74) is 0.650. The fourth-order valence-electron chi connectivity index (χ4n) is 3.64.